The number of carbonyl (C=O) groups excluding carboxylic acids is 2. The zero-order chi connectivity index (χ0) is 21.9. The molecule has 2 rings (SSSR count). The number of aliphatic carboxylic acids is 1. The van der Waals surface area contributed by atoms with Crippen LogP contribution in [0, 0.1) is 5.82 Å². The number of carboxylic acids is 1. The molecular formula is C22H25FN2O5. The third-order valence-corrected chi connectivity index (χ3v) is 4.32. The Labute approximate surface area is 174 Å². The van der Waals surface area contributed by atoms with Crippen LogP contribution in [0.5, 0.6) is 0 Å². The van der Waals surface area contributed by atoms with Crippen molar-refractivity contribution < 1.29 is 28.6 Å². The minimum absolute atomic E-state index is 0.0320. The highest BCUT2D eigenvalue weighted by molar-refractivity contribution is 5.92. The third-order valence-electron chi connectivity index (χ3n) is 4.32. The van der Waals surface area contributed by atoms with E-state index in [0.29, 0.717) is 29.7 Å². The summed E-state index contributed by atoms with van der Waals surface area (Å²) in [5.74, 6) is -1.69. The lowest BCUT2D eigenvalue weighted by Gasteiger charge is -2.14. The number of unbranched alkanes of at least 4 members (excludes halogenated alkanes) is 1. The van der Waals surface area contributed by atoms with E-state index in [0.717, 1.165) is 6.42 Å². The first kappa shape index (κ1) is 22.9. The monoisotopic (exact) mass is 416 g/mol. The molecule has 2 amide bonds. The number of carbonyl (C=O) groups is 3. The standard InChI is InChI=1S/C22H25FN2O5/c1-2-3-4-19(21(27)28)25-22(29)30-14-16-7-11-18(12-8-16)24-20(26)13-15-5-9-17(23)10-6-15/h5-12,19H,2-4,13-14H2,1H3,(H,24,26)(H,25,29)(H,27,28). The summed E-state index contributed by atoms with van der Waals surface area (Å²) in [5, 5.41) is 14.2. The van der Waals surface area contributed by atoms with Crippen molar-refractivity contribution in [2.45, 2.75) is 45.3 Å². The lowest BCUT2D eigenvalue weighted by Crippen LogP contribution is -2.40. The second-order valence-electron chi connectivity index (χ2n) is 6.80. The zero-order valence-corrected chi connectivity index (χ0v) is 16.7. The molecule has 0 fully saturated rings. The van der Waals surface area contributed by atoms with Gasteiger partial charge in [-0.3, -0.25) is 4.79 Å². The second-order valence-corrected chi connectivity index (χ2v) is 6.80. The van der Waals surface area contributed by atoms with Crippen molar-refractivity contribution in [1.82, 2.24) is 5.32 Å². The van der Waals surface area contributed by atoms with Gasteiger partial charge >= 0.3 is 12.1 Å². The van der Waals surface area contributed by atoms with E-state index in [4.69, 9.17) is 9.84 Å². The van der Waals surface area contributed by atoms with Gasteiger partial charge in [-0.15, -0.1) is 0 Å². The molecule has 0 aliphatic rings. The Hall–Kier alpha value is -3.42. The lowest BCUT2D eigenvalue weighted by atomic mass is 10.1. The zero-order valence-electron chi connectivity index (χ0n) is 16.7. The third kappa shape index (κ3) is 7.90. The molecule has 1 unspecified atom stereocenters. The van der Waals surface area contributed by atoms with Crippen LogP contribution in [0.1, 0.15) is 37.3 Å². The Balaban J connectivity index is 1.79. The van der Waals surface area contributed by atoms with Crippen molar-refractivity contribution in [3.05, 3.63) is 65.5 Å². The van der Waals surface area contributed by atoms with Crippen LogP contribution in [0.2, 0.25) is 0 Å². The molecule has 3 N–H and O–H groups in total. The van der Waals surface area contributed by atoms with E-state index in [-0.39, 0.29) is 24.8 Å². The number of nitrogens with one attached hydrogen (secondary N) is 2. The van der Waals surface area contributed by atoms with Crippen LogP contribution in [0.3, 0.4) is 0 Å². The molecule has 0 bridgehead atoms. The fourth-order valence-corrected chi connectivity index (χ4v) is 2.68. The maximum absolute atomic E-state index is 12.9. The van der Waals surface area contributed by atoms with E-state index in [1.54, 1.807) is 36.4 Å². The highest BCUT2D eigenvalue weighted by Gasteiger charge is 2.19. The Kier molecular flexibility index (Phi) is 8.80. The summed E-state index contributed by atoms with van der Waals surface area (Å²) in [7, 11) is 0. The van der Waals surface area contributed by atoms with Crippen LogP contribution in [-0.2, 0) is 27.4 Å². The molecule has 0 aromatic heterocycles. The smallest absolute Gasteiger partial charge is 0.408 e. The van der Waals surface area contributed by atoms with Crippen LogP contribution in [0.15, 0.2) is 48.5 Å². The molecule has 0 saturated carbocycles. The Morgan fingerprint density at radius 2 is 1.67 bits per heavy atom. The van der Waals surface area contributed by atoms with Gasteiger partial charge in [0, 0.05) is 5.69 Å². The van der Waals surface area contributed by atoms with Crippen LogP contribution in [0.25, 0.3) is 0 Å². The molecule has 160 valence electrons. The van der Waals surface area contributed by atoms with E-state index in [9.17, 15) is 18.8 Å². The Morgan fingerprint density at radius 3 is 2.27 bits per heavy atom. The number of anilines is 1. The van der Waals surface area contributed by atoms with Gasteiger partial charge in [-0.2, -0.15) is 0 Å². The van der Waals surface area contributed by atoms with Gasteiger partial charge in [0.1, 0.15) is 18.5 Å². The number of alkyl carbamates (subject to hydrolysis) is 1. The average molecular weight is 416 g/mol. The number of carboxylic acid groups (broad SMARTS) is 1. The molecule has 30 heavy (non-hydrogen) atoms. The van der Waals surface area contributed by atoms with E-state index < -0.39 is 18.1 Å². The summed E-state index contributed by atoms with van der Waals surface area (Å²) >= 11 is 0. The summed E-state index contributed by atoms with van der Waals surface area (Å²) < 4.78 is 18.0. The molecule has 1 atom stereocenters. The van der Waals surface area contributed by atoms with Crippen LogP contribution in [0.4, 0.5) is 14.9 Å². The number of amides is 2. The molecule has 0 heterocycles. The minimum Gasteiger partial charge on any atom is -0.480 e. The van der Waals surface area contributed by atoms with Crippen molar-refractivity contribution in [3.8, 4) is 0 Å². The summed E-state index contributed by atoms with van der Waals surface area (Å²) in [6.45, 7) is 1.90. The van der Waals surface area contributed by atoms with Gasteiger partial charge in [0.2, 0.25) is 5.91 Å². The van der Waals surface area contributed by atoms with E-state index in [2.05, 4.69) is 10.6 Å². The number of rotatable bonds is 10. The van der Waals surface area contributed by atoms with Crippen molar-refractivity contribution in [2.24, 2.45) is 0 Å². The van der Waals surface area contributed by atoms with Crippen molar-refractivity contribution in [1.29, 1.82) is 0 Å². The normalized spacial score (nSPS) is 11.4. The highest BCUT2D eigenvalue weighted by atomic mass is 19.1. The van der Waals surface area contributed by atoms with E-state index in [1.807, 2.05) is 6.92 Å². The van der Waals surface area contributed by atoms with Crippen LogP contribution >= 0.6 is 0 Å². The molecule has 8 heteroatoms. The maximum atomic E-state index is 12.9. The lowest BCUT2D eigenvalue weighted by molar-refractivity contribution is -0.139. The van der Waals surface area contributed by atoms with Crippen LogP contribution in [-0.4, -0.2) is 29.1 Å². The molecule has 0 saturated heterocycles. The molecule has 0 aliphatic heterocycles. The van der Waals surface area contributed by atoms with Gasteiger partial charge in [0.15, 0.2) is 0 Å². The largest absolute Gasteiger partial charge is 0.480 e. The number of hydrogen-bond acceptors (Lipinski definition) is 4. The first-order valence-electron chi connectivity index (χ1n) is 9.66. The van der Waals surface area contributed by atoms with Gasteiger partial charge in [-0.05, 0) is 41.8 Å². The first-order valence-corrected chi connectivity index (χ1v) is 9.66. The average Bonchev–Trinajstić information content (AvgIpc) is 2.72. The fourth-order valence-electron chi connectivity index (χ4n) is 2.68. The first-order chi connectivity index (χ1) is 14.4. The molecule has 2 aromatic carbocycles. The summed E-state index contributed by atoms with van der Waals surface area (Å²) in [6, 6.07) is 11.4. The molecule has 0 aliphatic carbocycles. The number of ether oxygens (including phenoxy) is 1. The van der Waals surface area contributed by atoms with Gasteiger partial charge in [-0.1, -0.05) is 44.0 Å². The quantitative estimate of drug-likeness (QED) is 0.545. The molecule has 0 spiro atoms. The molecule has 2 aromatic rings. The van der Waals surface area contributed by atoms with E-state index >= 15 is 0 Å². The maximum Gasteiger partial charge on any atom is 0.408 e. The molecular weight excluding hydrogens is 391 g/mol. The van der Waals surface area contributed by atoms with Crippen molar-refractivity contribution in [3.63, 3.8) is 0 Å². The predicted molar refractivity (Wildman–Crippen MR) is 109 cm³/mol. The topological polar surface area (TPSA) is 105 Å². The summed E-state index contributed by atoms with van der Waals surface area (Å²) in [5.41, 5.74) is 1.95. The van der Waals surface area contributed by atoms with E-state index in [1.165, 1.54) is 12.1 Å². The van der Waals surface area contributed by atoms with Crippen molar-refractivity contribution in [2.75, 3.05) is 5.32 Å². The second kappa shape index (κ2) is 11.5. The van der Waals surface area contributed by atoms with Gasteiger partial charge in [0.25, 0.3) is 0 Å². The fraction of sp³-hybridized carbons (Fsp3) is 0.318. The number of hydrogen-bond donors (Lipinski definition) is 3. The highest BCUT2D eigenvalue weighted by Crippen LogP contribution is 2.12. The van der Waals surface area contributed by atoms with Gasteiger partial charge in [-0.25, -0.2) is 14.0 Å². The summed E-state index contributed by atoms with van der Waals surface area (Å²) in [4.78, 5) is 35.0. The minimum atomic E-state index is -1.10. The molecule has 0 radical (unpaired) electrons. The number of benzene rings is 2. The SMILES string of the molecule is CCCCC(NC(=O)OCc1ccc(NC(=O)Cc2ccc(F)cc2)cc1)C(=O)O. The Bertz CT molecular complexity index is 853. The van der Waals surface area contributed by atoms with Gasteiger partial charge in [0.05, 0.1) is 6.42 Å². The van der Waals surface area contributed by atoms with Gasteiger partial charge < -0.3 is 20.5 Å². The van der Waals surface area contributed by atoms with Crippen LogP contribution < -0.4 is 10.6 Å². The predicted octanol–water partition coefficient (Wildman–Crippen LogP) is 3.88. The Morgan fingerprint density at radius 1 is 1.03 bits per heavy atom. The number of halogens is 1. The summed E-state index contributed by atoms with van der Waals surface area (Å²) in [6.07, 6.45) is 1.18. The molecule has 7 nitrogen and oxygen atoms in total. The van der Waals surface area contributed by atoms with Crippen molar-refractivity contribution >= 4 is 23.7 Å².